The van der Waals surface area contributed by atoms with E-state index in [-0.39, 0.29) is 6.54 Å². The fourth-order valence-corrected chi connectivity index (χ4v) is 0.812. The molecule has 0 atom stereocenters. The first-order valence-electron chi connectivity index (χ1n) is 4.78. The predicted octanol–water partition coefficient (Wildman–Crippen LogP) is -1.57. The van der Waals surface area contributed by atoms with Gasteiger partial charge in [0.05, 0.1) is 7.11 Å². The third-order valence-corrected chi connectivity index (χ3v) is 1.65. The maximum Gasteiger partial charge on any atom is 0.329 e. The van der Waals surface area contributed by atoms with E-state index in [4.69, 9.17) is 5.11 Å². The number of urea groups is 1. The van der Waals surface area contributed by atoms with E-state index in [1.165, 1.54) is 14.2 Å². The van der Waals surface area contributed by atoms with E-state index in [1.54, 1.807) is 0 Å². The molecule has 0 aromatic carbocycles. The molecule has 0 fully saturated rings. The van der Waals surface area contributed by atoms with Crippen LogP contribution in [-0.4, -0.2) is 67.8 Å². The van der Waals surface area contributed by atoms with Gasteiger partial charge in [0.1, 0.15) is 19.8 Å². The number of aliphatic carboxylic acids is 1. The summed E-state index contributed by atoms with van der Waals surface area (Å²) < 4.78 is 8.80. The van der Waals surface area contributed by atoms with Crippen LogP contribution in [-0.2, 0) is 23.9 Å². The number of likely N-dealkylation sites (N-methyl/N-ethyl adjacent to an activating group) is 1. The molecule has 9 nitrogen and oxygen atoms in total. The number of hydrogen-bond acceptors (Lipinski definition) is 6. The van der Waals surface area contributed by atoms with Crippen LogP contribution in [0, 0.1) is 0 Å². The van der Waals surface area contributed by atoms with Gasteiger partial charge in [-0.25, -0.2) is 9.59 Å². The van der Waals surface area contributed by atoms with Crippen LogP contribution in [0.4, 0.5) is 4.79 Å². The van der Waals surface area contributed by atoms with Crippen LogP contribution >= 0.6 is 0 Å². The molecular weight excluding hydrogens is 248 g/mol. The summed E-state index contributed by atoms with van der Waals surface area (Å²) in [5.74, 6) is -2.67. The maximum absolute atomic E-state index is 11.3. The monoisotopic (exact) mass is 262 g/mol. The number of imide groups is 1. The Hall–Kier alpha value is -2.16. The molecule has 0 aliphatic carbocycles. The number of carbonyl (C=O) groups is 4. The number of nitrogens with one attached hydrogen (secondary N) is 1. The molecule has 0 rings (SSSR count). The van der Waals surface area contributed by atoms with Crippen molar-refractivity contribution in [3.63, 3.8) is 0 Å². The van der Waals surface area contributed by atoms with E-state index < -0.39 is 37.1 Å². The molecule has 0 aliphatic heterocycles. The lowest BCUT2D eigenvalue weighted by atomic mass is 10.5. The number of hydrogen-bond donors (Lipinski definition) is 2. The van der Waals surface area contributed by atoms with Gasteiger partial charge in [-0.05, 0) is 0 Å². The van der Waals surface area contributed by atoms with Gasteiger partial charge in [0.15, 0.2) is 0 Å². The van der Waals surface area contributed by atoms with Crippen LogP contribution in [0.15, 0.2) is 0 Å². The van der Waals surface area contributed by atoms with Gasteiger partial charge in [0, 0.05) is 7.05 Å². The van der Waals surface area contributed by atoms with Crippen LogP contribution in [0.2, 0.25) is 0 Å². The Balaban J connectivity index is 3.95. The largest absolute Gasteiger partial charge is 0.480 e. The molecule has 0 aliphatic rings. The van der Waals surface area contributed by atoms with Crippen molar-refractivity contribution in [2.24, 2.45) is 0 Å². The number of carbonyl (C=O) groups excluding carboxylic acids is 3. The first kappa shape index (κ1) is 15.8. The summed E-state index contributed by atoms with van der Waals surface area (Å²) in [5, 5.41) is 10.1. The third-order valence-electron chi connectivity index (χ3n) is 1.65. The smallest absolute Gasteiger partial charge is 0.329 e. The fraction of sp³-hybridized carbons (Fsp3) is 0.556. The van der Waals surface area contributed by atoms with Gasteiger partial charge in [-0.2, -0.15) is 0 Å². The molecule has 0 saturated carbocycles. The number of carboxylic acids is 1. The van der Waals surface area contributed by atoms with Gasteiger partial charge in [-0.15, -0.1) is 0 Å². The zero-order valence-electron chi connectivity index (χ0n) is 9.97. The first-order valence-corrected chi connectivity index (χ1v) is 4.78. The summed E-state index contributed by atoms with van der Waals surface area (Å²) in [6.45, 7) is -1.52. The third kappa shape index (κ3) is 7.17. The standard InChI is InChI=1S/C9H14N2O7/c1-11(3-8(15)17-2)9(16)10-6(12)4-18-5-7(13)14/h3-5H2,1-2H3,(H,13,14)(H,10,12,16). The van der Waals surface area contributed by atoms with Crippen molar-refractivity contribution in [1.82, 2.24) is 10.2 Å². The molecule has 0 aromatic rings. The Morgan fingerprint density at radius 3 is 2.33 bits per heavy atom. The Morgan fingerprint density at radius 2 is 1.83 bits per heavy atom. The van der Waals surface area contributed by atoms with Gasteiger partial charge < -0.3 is 19.5 Å². The second-order valence-corrected chi connectivity index (χ2v) is 3.17. The predicted molar refractivity (Wildman–Crippen MR) is 56.6 cm³/mol. The van der Waals surface area contributed by atoms with Gasteiger partial charge in [0.2, 0.25) is 0 Å². The lowest BCUT2D eigenvalue weighted by molar-refractivity contribution is -0.144. The summed E-state index contributed by atoms with van der Waals surface area (Å²) >= 11 is 0. The highest BCUT2D eigenvalue weighted by molar-refractivity contribution is 5.95. The van der Waals surface area contributed by atoms with E-state index in [1.807, 2.05) is 5.32 Å². The van der Waals surface area contributed by atoms with E-state index in [0.717, 1.165) is 4.90 Å². The lowest BCUT2D eigenvalue weighted by Gasteiger charge is -2.15. The van der Waals surface area contributed by atoms with Gasteiger partial charge in [-0.1, -0.05) is 0 Å². The lowest BCUT2D eigenvalue weighted by Crippen LogP contribution is -2.44. The average Bonchev–Trinajstić information content (AvgIpc) is 2.27. The van der Waals surface area contributed by atoms with Crippen molar-refractivity contribution >= 4 is 23.9 Å². The van der Waals surface area contributed by atoms with Crippen LogP contribution < -0.4 is 5.32 Å². The summed E-state index contributed by atoms with van der Waals surface area (Å²) in [6.07, 6.45) is 0. The zero-order valence-corrected chi connectivity index (χ0v) is 9.97. The van der Waals surface area contributed by atoms with E-state index >= 15 is 0 Å². The molecule has 3 amide bonds. The molecule has 0 aromatic heterocycles. The highest BCUT2D eigenvalue weighted by Crippen LogP contribution is 1.87. The second-order valence-electron chi connectivity index (χ2n) is 3.17. The molecule has 9 heteroatoms. The summed E-state index contributed by atoms with van der Waals surface area (Å²) in [7, 11) is 2.45. The number of rotatable bonds is 6. The minimum absolute atomic E-state index is 0.314. The molecule has 0 heterocycles. The molecular formula is C9H14N2O7. The number of esters is 1. The van der Waals surface area contributed by atoms with Crippen molar-refractivity contribution in [2.75, 3.05) is 33.9 Å². The highest BCUT2D eigenvalue weighted by atomic mass is 16.5. The van der Waals surface area contributed by atoms with Gasteiger partial charge in [0.25, 0.3) is 5.91 Å². The molecule has 18 heavy (non-hydrogen) atoms. The molecule has 0 unspecified atom stereocenters. The van der Waals surface area contributed by atoms with Crippen molar-refractivity contribution in [3.05, 3.63) is 0 Å². The fourth-order valence-electron chi connectivity index (χ4n) is 0.812. The number of methoxy groups -OCH3 is 1. The molecule has 0 radical (unpaired) electrons. The molecule has 0 spiro atoms. The number of ether oxygens (including phenoxy) is 2. The van der Waals surface area contributed by atoms with E-state index in [2.05, 4.69) is 9.47 Å². The SMILES string of the molecule is COC(=O)CN(C)C(=O)NC(=O)COCC(=O)O. The highest BCUT2D eigenvalue weighted by Gasteiger charge is 2.15. The topological polar surface area (TPSA) is 122 Å². The summed E-state index contributed by atoms with van der Waals surface area (Å²) in [4.78, 5) is 44.3. The van der Waals surface area contributed by atoms with E-state index in [0.29, 0.717) is 0 Å². The summed E-state index contributed by atoms with van der Waals surface area (Å²) in [6, 6.07) is -0.815. The molecule has 102 valence electrons. The summed E-state index contributed by atoms with van der Waals surface area (Å²) in [5.41, 5.74) is 0. The Bertz CT molecular complexity index is 342. The van der Waals surface area contributed by atoms with Gasteiger partial charge in [-0.3, -0.25) is 14.9 Å². The Morgan fingerprint density at radius 1 is 1.22 bits per heavy atom. The van der Waals surface area contributed by atoms with Crippen molar-refractivity contribution in [3.8, 4) is 0 Å². The number of nitrogens with zero attached hydrogens (tertiary/aromatic N) is 1. The van der Waals surface area contributed by atoms with Gasteiger partial charge >= 0.3 is 18.0 Å². The molecule has 0 saturated heterocycles. The Labute approximate surface area is 103 Å². The number of amides is 3. The minimum Gasteiger partial charge on any atom is -0.480 e. The van der Waals surface area contributed by atoms with Crippen molar-refractivity contribution in [1.29, 1.82) is 0 Å². The van der Waals surface area contributed by atoms with Crippen LogP contribution in [0.1, 0.15) is 0 Å². The first-order chi connectivity index (χ1) is 8.36. The average molecular weight is 262 g/mol. The normalized spacial score (nSPS) is 9.44. The molecule has 0 bridgehead atoms. The zero-order chi connectivity index (χ0) is 14.1. The minimum atomic E-state index is -1.23. The molecule has 2 N–H and O–H groups in total. The van der Waals surface area contributed by atoms with E-state index in [9.17, 15) is 19.2 Å². The Kier molecular flexibility index (Phi) is 7.05. The maximum atomic E-state index is 11.3. The quantitative estimate of drug-likeness (QED) is 0.554. The second kappa shape index (κ2) is 8.01. The van der Waals surface area contributed by atoms with Crippen LogP contribution in [0.25, 0.3) is 0 Å². The van der Waals surface area contributed by atoms with Crippen molar-refractivity contribution < 1.29 is 33.8 Å². The van der Waals surface area contributed by atoms with Crippen LogP contribution in [0.5, 0.6) is 0 Å². The van der Waals surface area contributed by atoms with Crippen molar-refractivity contribution in [2.45, 2.75) is 0 Å². The van der Waals surface area contributed by atoms with Crippen LogP contribution in [0.3, 0.4) is 0 Å². The number of carboxylic acid groups (broad SMARTS) is 1.